The highest BCUT2D eigenvalue weighted by Gasteiger charge is 2.37. The number of anilines is 2. The zero-order chi connectivity index (χ0) is 21.4. The number of aliphatic imine (C=N–C) groups is 1. The molecule has 3 heterocycles. The molecule has 0 radical (unpaired) electrons. The van der Waals surface area contributed by atoms with Gasteiger partial charge in [-0.1, -0.05) is 6.58 Å². The largest absolute Gasteiger partial charge is 0.507 e. The summed E-state index contributed by atoms with van der Waals surface area (Å²) in [6, 6.07) is 6.34. The zero-order valence-electron chi connectivity index (χ0n) is 17.0. The molecule has 0 amide bonds. The molecule has 0 bridgehead atoms. The molecule has 1 aromatic carbocycles. The van der Waals surface area contributed by atoms with Crippen LogP contribution < -0.4 is 25.6 Å². The molecule has 2 aliphatic rings. The van der Waals surface area contributed by atoms with E-state index in [-0.39, 0.29) is 23.6 Å². The van der Waals surface area contributed by atoms with Gasteiger partial charge in [-0.25, -0.2) is 9.98 Å². The van der Waals surface area contributed by atoms with Crippen LogP contribution in [0, 0.1) is 0 Å². The quantitative estimate of drug-likeness (QED) is 0.619. The standard InChI is InChI=1S/C22H25N5O3/c1-4-26(3)16-6-5-7-23-22(16)27-11-14(12-28)24-10-17(27)20-21(30)19-15(25-20)8-13(2)9-18(19)29/h5-9,12,14,17,24,29-30H,2,4,10-11H2,1,3H3. The van der Waals surface area contributed by atoms with Crippen LogP contribution in [0.1, 0.15) is 6.92 Å². The van der Waals surface area contributed by atoms with Crippen molar-refractivity contribution in [1.82, 2.24) is 10.3 Å². The number of phenols is 1. The van der Waals surface area contributed by atoms with Gasteiger partial charge in [0.25, 0.3) is 0 Å². The number of hydrogen-bond donors (Lipinski definition) is 3. The van der Waals surface area contributed by atoms with Gasteiger partial charge in [-0.15, -0.1) is 0 Å². The topological polar surface area (TPSA) is 101 Å². The van der Waals surface area contributed by atoms with Crippen LogP contribution in [0.25, 0.3) is 12.3 Å². The summed E-state index contributed by atoms with van der Waals surface area (Å²) in [5.41, 5.74) is 1.84. The lowest BCUT2D eigenvalue weighted by molar-refractivity contribution is -0.109. The Morgan fingerprint density at radius 1 is 1.40 bits per heavy atom. The van der Waals surface area contributed by atoms with Crippen LogP contribution in [0.2, 0.25) is 0 Å². The van der Waals surface area contributed by atoms with Crippen molar-refractivity contribution < 1.29 is 15.0 Å². The highest BCUT2D eigenvalue weighted by atomic mass is 16.3. The lowest BCUT2D eigenvalue weighted by Crippen LogP contribution is -2.60. The summed E-state index contributed by atoms with van der Waals surface area (Å²) >= 11 is 0. The summed E-state index contributed by atoms with van der Waals surface area (Å²) in [5.74, 6) is 0.595. The second-order valence-corrected chi connectivity index (χ2v) is 7.53. The Hall–Kier alpha value is -3.39. The van der Waals surface area contributed by atoms with Gasteiger partial charge in [0.15, 0.2) is 11.6 Å². The molecule has 156 valence electrons. The Morgan fingerprint density at radius 2 is 2.20 bits per heavy atom. The first-order valence-corrected chi connectivity index (χ1v) is 9.90. The van der Waals surface area contributed by atoms with Gasteiger partial charge in [0.1, 0.15) is 17.7 Å². The minimum absolute atomic E-state index is 0.0564. The highest BCUT2D eigenvalue weighted by molar-refractivity contribution is 6.23. The van der Waals surface area contributed by atoms with E-state index in [1.54, 1.807) is 12.3 Å². The molecule has 3 N–H and O–H groups in total. The molecule has 2 aliphatic heterocycles. The molecule has 1 aromatic heterocycles. The molecule has 4 rings (SSSR count). The van der Waals surface area contributed by atoms with Gasteiger partial charge >= 0.3 is 0 Å². The number of aromatic hydroxyl groups is 1. The SMILES string of the molecule is C=c1cc(O)c2c(c1)N=C(C1CNC(C=O)CN1c1ncccc1N(C)CC)C=2O. The summed E-state index contributed by atoms with van der Waals surface area (Å²) in [7, 11) is 1.98. The van der Waals surface area contributed by atoms with Gasteiger partial charge in [-0.05, 0) is 36.4 Å². The number of nitrogens with one attached hydrogen (secondary N) is 1. The number of nitrogens with zero attached hydrogens (tertiary/aromatic N) is 4. The number of benzene rings is 1. The average molecular weight is 407 g/mol. The molecule has 2 unspecified atom stereocenters. The van der Waals surface area contributed by atoms with Crippen LogP contribution in [0.5, 0.6) is 5.75 Å². The van der Waals surface area contributed by atoms with Crippen LogP contribution in [-0.4, -0.2) is 66.0 Å². The molecule has 2 aromatic rings. The van der Waals surface area contributed by atoms with Crippen LogP contribution in [-0.2, 0) is 4.79 Å². The van der Waals surface area contributed by atoms with Crippen molar-refractivity contribution in [2.24, 2.45) is 4.99 Å². The third-order valence-electron chi connectivity index (χ3n) is 5.62. The Labute approximate surface area is 174 Å². The molecular formula is C22H25N5O3. The minimum Gasteiger partial charge on any atom is -0.507 e. The van der Waals surface area contributed by atoms with Crippen LogP contribution in [0.4, 0.5) is 17.2 Å². The molecule has 0 saturated carbocycles. The number of pyridine rings is 1. The van der Waals surface area contributed by atoms with Crippen LogP contribution >= 0.6 is 0 Å². The van der Waals surface area contributed by atoms with Crippen LogP contribution in [0.15, 0.2) is 35.5 Å². The average Bonchev–Trinajstić information content (AvgIpc) is 3.08. The lowest BCUT2D eigenvalue weighted by atomic mass is 10.0. The van der Waals surface area contributed by atoms with Crippen molar-refractivity contribution >= 4 is 41.5 Å². The number of carbonyl (C=O) groups is 1. The third kappa shape index (κ3) is 3.29. The van der Waals surface area contributed by atoms with E-state index < -0.39 is 0 Å². The first-order valence-electron chi connectivity index (χ1n) is 9.90. The Balaban J connectivity index is 1.82. The summed E-state index contributed by atoms with van der Waals surface area (Å²) in [4.78, 5) is 24.8. The Morgan fingerprint density at radius 3 is 2.93 bits per heavy atom. The minimum atomic E-state index is -0.375. The van der Waals surface area contributed by atoms with E-state index in [1.807, 2.05) is 24.1 Å². The molecular weight excluding hydrogens is 382 g/mol. The maximum Gasteiger partial charge on any atom is 0.152 e. The maximum absolute atomic E-state index is 11.5. The summed E-state index contributed by atoms with van der Waals surface area (Å²) in [6.07, 6.45) is 2.60. The monoisotopic (exact) mass is 407 g/mol. The first kappa shape index (κ1) is 19.9. The fourth-order valence-corrected chi connectivity index (χ4v) is 3.97. The van der Waals surface area contributed by atoms with Crippen molar-refractivity contribution in [1.29, 1.82) is 0 Å². The molecule has 1 saturated heterocycles. The molecule has 0 spiro atoms. The van der Waals surface area contributed by atoms with Gasteiger partial charge in [0, 0.05) is 32.9 Å². The predicted octanol–water partition coefficient (Wildman–Crippen LogP) is 0.452. The zero-order valence-corrected chi connectivity index (χ0v) is 17.0. The lowest BCUT2D eigenvalue weighted by Gasteiger charge is -2.41. The van der Waals surface area contributed by atoms with Gasteiger partial charge in [0.2, 0.25) is 0 Å². The number of piperazine rings is 1. The molecule has 1 fully saturated rings. The van der Waals surface area contributed by atoms with E-state index in [0.717, 1.165) is 18.5 Å². The van der Waals surface area contributed by atoms with Crippen LogP contribution in [0.3, 0.4) is 0 Å². The van der Waals surface area contributed by atoms with Crippen molar-refractivity contribution in [3.05, 3.63) is 40.9 Å². The number of fused-ring (bicyclic) bond motifs is 1. The van der Waals surface area contributed by atoms with E-state index in [4.69, 9.17) is 0 Å². The van der Waals surface area contributed by atoms with Crippen molar-refractivity contribution in [3.8, 4) is 5.75 Å². The van der Waals surface area contributed by atoms with E-state index in [9.17, 15) is 15.0 Å². The maximum atomic E-state index is 11.5. The number of phenolic OH excluding ortho intramolecular Hbond substituents is 1. The molecule has 8 heteroatoms. The normalized spacial score (nSPS) is 20.7. The van der Waals surface area contributed by atoms with Crippen molar-refractivity contribution in [3.63, 3.8) is 0 Å². The Bertz CT molecular complexity index is 1130. The number of aldehydes is 1. The number of aliphatic hydroxyl groups is 1. The van der Waals surface area contributed by atoms with Gasteiger partial charge in [0.05, 0.1) is 28.7 Å². The van der Waals surface area contributed by atoms with E-state index in [0.29, 0.717) is 40.7 Å². The smallest absolute Gasteiger partial charge is 0.152 e. The van der Waals surface area contributed by atoms with Crippen molar-refractivity contribution in [2.45, 2.75) is 19.0 Å². The molecule has 30 heavy (non-hydrogen) atoms. The number of hydrogen-bond acceptors (Lipinski definition) is 8. The Kier molecular flexibility index (Phi) is 5.17. The second-order valence-electron chi connectivity index (χ2n) is 7.53. The fraction of sp³-hybridized carbons (Fsp3) is 0.318. The first-order chi connectivity index (χ1) is 14.4. The van der Waals surface area contributed by atoms with E-state index in [1.165, 1.54) is 6.07 Å². The number of aromatic nitrogens is 1. The number of aliphatic hydroxyl groups excluding tert-OH is 1. The molecule has 0 aliphatic carbocycles. The highest BCUT2D eigenvalue weighted by Crippen LogP contribution is 2.31. The van der Waals surface area contributed by atoms with E-state index in [2.05, 4.69) is 33.7 Å². The summed E-state index contributed by atoms with van der Waals surface area (Å²) in [6.45, 7) is 7.46. The number of carbonyl (C=O) groups excluding carboxylic acids is 1. The third-order valence-corrected chi connectivity index (χ3v) is 5.62. The van der Waals surface area contributed by atoms with Gasteiger partial charge in [-0.3, -0.25) is 0 Å². The van der Waals surface area contributed by atoms with Crippen molar-refractivity contribution in [2.75, 3.05) is 36.5 Å². The van der Waals surface area contributed by atoms with Gasteiger partial charge in [-0.2, -0.15) is 0 Å². The summed E-state index contributed by atoms with van der Waals surface area (Å²) in [5, 5.41) is 25.4. The van der Waals surface area contributed by atoms with Gasteiger partial charge < -0.3 is 30.1 Å². The summed E-state index contributed by atoms with van der Waals surface area (Å²) < 4.78 is 0. The number of rotatable bonds is 5. The fourth-order valence-electron chi connectivity index (χ4n) is 3.97. The molecule has 8 nitrogen and oxygen atoms in total. The predicted molar refractivity (Wildman–Crippen MR) is 118 cm³/mol. The molecule has 2 atom stereocenters. The second kappa shape index (κ2) is 7.79. The van der Waals surface area contributed by atoms with E-state index >= 15 is 0 Å².